The molecule has 116 valence electrons. The fraction of sp³-hybridized carbons (Fsp3) is 0.500. The van der Waals surface area contributed by atoms with Crippen LogP contribution in [-0.4, -0.2) is 24.5 Å². The molecule has 0 aliphatic carbocycles. The van der Waals surface area contributed by atoms with Crippen LogP contribution in [0.3, 0.4) is 0 Å². The Kier molecular flexibility index (Phi) is 6.37. The van der Waals surface area contributed by atoms with Crippen molar-refractivity contribution in [2.24, 2.45) is 0 Å². The summed E-state index contributed by atoms with van der Waals surface area (Å²) >= 11 is 0. The molecule has 0 bridgehead atoms. The van der Waals surface area contributed by atoms with E-state index in [-0.39, 0.29) is 24.7 Å². The maximum Gasteiger partial charge on any atom is 0.306 e. The minimum atomic E-state index is -0.521. The van der Waals surface area contributed by atoms with Crippen molar-refractivity contribution in [2.75, 3.05) is 12.4 Å². The normalized spacial score (nSPS) is 11.0. The molecule has 0 spiro atoms. The van der Waals surface area contributed by atoms with Crippen LogP contribution >= 0.6 is 0 Å². The van der Waals surface area contributed by atoms with Crippen LogP contribution in [0.15, 0.2) is 24.3 Å². The molecule has 21 heavy (non-hydrogen) atoms. The fourth-order valence-corrected chi connectivity index (χ4v) is 1.81. The Morgan fingerprint density at radius 2 is 1.81 bits per heavy atom. The third kappa shape index (κ3) is 6.90. The van der Waals surface area contributed by atoms with Crippen LogP contribution in [0.1, 0.15) is 39.2 Å². The number of rotatable bonds is 6. The highest BCUT2D eigenvalue weighted by Gasteiger charge is 2.17. The first-order valence-electron chi connectivity index (χ1n) is 7.06. The second-order valence-electron chi connectivity index (χ2n) is 5.82. The molecule has 0 atom stereocenters. The molecule has 0 saturated heterocycles. The third-order valence-corrected chi connectivity index (χ3v) is 2.63. The highest BCUT2D eigenvalue weighted by Crippen LogP contribution is 2.15. The van der Waals surface area contributed by atoms with Gasteiger partial charge < -0.3 is 15.4 Å². The van der Waals surface area contributed by atoms with Gasteiger partial charge in [-0.15, -0.1) is 0 Å². The Labute approximate surface area is 126 Å². The van der Waals surface area contributed by atoms with Crippen molar-refractivity contribution in [3.05, 3.63) is 29.8 Å². The SMILES string of the molecule is CNCc1ccccc1NC(=O)CCC(=O)OC(C)(C)C. The fourth-order valence-electron chi connectivity index (χ4n) is 1.81. The summed E-state index contributed by atoms with van der Waals surface area (Å²) in [6.07, 6.45) is 0.195. The number of amides is 1. The molecule has 5 heteroatoms. The Hall–Kier alpha value is -1.88. The van der Waals surface area contributed by atoms with E-state index in [4.69, 9.17) is 4.74 Å². The third-order valence-electron chi connectivity index (χ3n) is 2.63. The largest absolute Gasteiger partial charge is 0.460 e. The number of anilines is 1. The number of esters is 1. The molecule has 0 aliphatic heterocycles. The predicted molar refractivity (Wildman–Crippen MR) is 82.9 cm³/mol. The summed E-state index contributed by atoms with van der Waals surface area (Å²) in [4.78, 5) is 23.5. The van der Waals surface area contributed by atoms with Gasteiger partial charge >= 0.3 is 5.97 Å². The topological polar surface area (TPSA) is 67.4 Å². The number of benzene rings is 1. The quantitative estimate of drug-likeness (QED) is 0.790. The van der Waals surface area contributed by atoms with Gasteiger partial charge in [0, 0.05) is 18.7 Å². The highest BCUT2D eigenvalue weighted by molar-refractivity contribution is 5.93. The maximum atomic E-state index is 11.9. The van der Waals surface area contributed by atoms with Crippen molar-refractivity contribution in [2.45, 2.75) is 45.8 Å². The molecule has 0 radical (unpaired) electrons. The number of hydrogen-bond acceptors (Lipinski definition) is 4. The molecule has 0 aliphatic rings. The second kappa shape index (κ2) is 7.78. The minimum Gasteiger partial charge on any atom is -0.460 e. The van der Waals surface area contributed by atoms with Crippen LogP contribution < -0.4 is 10.6 Å². The van der Waals surface area contributed by atoms with E-state index in [1.165, 1.54) is 0 Å². The number of carbonyl (C=O) groups is 2. The summed E-state index contributed by atoms with van der Waals surface area (Å²) in [5.74, 6) is -0.550. The molecule has 1 aromatic rings. The standard InChI is InChI=1S/C16H24N2O3/c1-16(2,3)21-15(20)10-9-14(19)18-13-8-6-5-7-12(13)11-17-4/h5-8,17H,9-11H2,1-4H3,(H,18,19). The van der Waals surface area contributed by atoms with E-state index >= 15 is 0 Å². The van der Waals surface area contributed by atoms with E-state index in [0.717, 1.165) is 11.3 Å². The summed E-state index contributed by atoms with van der Waals surface area (Å²) in [7, 11) is 1.85. The van der Waals surface area contributed by atoms with Gasteiger partial charge in [-0.1, -0.05) is 18.2 Å². The molecule has 0 saturated carbocycles. The van der Waals surface area contributed by atoms with Gasteiger partial charge in [0.25, 0.3) is 0 Å². The average molecular weight is 292 g/mol. The summed E-state index contributed by atoms with van der Waals surface area (Å²) in [6.45, 7) is 6.08. The van der Waals surface area contributed by atoms with Gasteiger partial charge in [0.1, 0.15) is 5.60 Å². The van der Waals surface area contributed by atoms with Crippen molar-refractivity contribution in [1.29, 1.82) is 0 Å². The highest BCUT2D eigenvalue weighted by atomic mass is 16.6. The zero-order valence-corrected chi connectivity index (χ0v) is 13.2. The van der Waals surface area contributed by atoms with Crippen molar-refractivity contribution in [1.82, 2.24) is 5.32 Å². The number of nitrogens with one attached hydrogen (secondary N) is 2. The molecule has 0 unspecified atom stereocenters. The van der Waals surface area contributed by atoms with Gasteiger partial charge in [-0.2, -0.15) is 0 Å². The van der Waals surface area contributed by atoms with Crippen LogP contribution in [0.5, 0.6) is 0 Å². The van der Waals surface area contributed by atoms with E-state index < -0.39 is 5.60 Å². The predicted octanol–water partition coefficient (Wildman–Crippen LogP) is 2.47. The maximum absolute atomic E-state index is 11.9. The lowest BCUT2D eigenvalue weighted by molar-refractivity contribution is -0.155. The van der Waals surface area contributed by atoms with Gasteiger partial charge in [-0.05, 0) is 39.4 Å². The van der Waals surface area contributed by atoms with Crippen LogP contribution in [0.4, 0.5) is 5.69 Å². The molecule has 0 fully saturated rings. The minimum absolute atomic E-state index is 0.0807. The van der Waals surface area contributed by atoms with E-state index in [2.05, 4.69) is 10.6 Å². The van der Waals surface area contributed by atoms with Crippen molar-refractivity contribution in [3.8, 4) is 0 Å². The molecule has 0 heterocycles. The van der Waals surface area contributed by atoms with Crippen molar-refractivity contribution < 1.29 is 14.3 Å². The molecular weight excluding hydrogens is 268 g/mol. The van der Waals surface area contributed by atoms with Crippen molar-refractivity contribution >= 4 is 17.6 Å². The first-order valence-corrected chi connectivity index (χ1v) is 7.06. The van der Waals surface area contributed by atoms with E-state index in [9.17, 15) is 9.59 Å². The number of ether oxygens (including phenoxy) is 1. The summed E-state index contributed by atoms with van der Waals surface area (Å²) < 4.78 is 5.17. The number of carbonyl (C=O) groups excluding carboxylic acids is 2. The first-order chi connectivity index (χ1) is 9.81. The van der Waals surface area contributed by atoms with Gasteiger partial charge in [0.2, 0.25) is 5.91 Å². The monoisotopic (exact) mass is 292 g/mol. The Morgan fingerprint density at radius 1 is 1.14 bits per heavy atom. The lowest BCUT2D eigenvalue weighted by Gasteiger charge is -2.19. The van der Waals surface area contributed by atoms with Gasteiger partial charge in [-0.3, -0.25) is 9.59 Å². The van der Waals surface area contributed by atoms with E-state index in [0.29, 0.717) is 6.54 Å². The van der Waals surface area contributed by atoms with E-state index in [1.54, 1.807) is 20.8 Å². The number of hydrogen-bond donors (Lipinski definition) is 2. The average Bonchev–Trinajstić information content (AvgIpc) is 2.37. The zero-order chi connectivity index (χ0) is 15.9. The Bertz CT molecular complexity index is 493. The van der Waals surface area contributed by atoms with Crippen molar-refractivity contribution in [3.63, 3.8) is 0 Å². The number of para-hydroxylation sites is 1. The molecule has 1 amide bonds. The van der Waals surface area contributed by atoms with Crippen LogP contribution in [0, 0.1) is 0 Å². The molecule has 0 aromatic heterocycles. The zero-order valence-electron chi connectivity index (χ0n) is 13.2. The molecule has 5 nitrogen and oxygen atoms in total. The lowest BCUT2D eigenvalue weighted by Crippen LogP contribution is -2.25. The molecule has 2 N–H and O–H groups in total. The summed E-state index contributed by atoms with van der Waals surface area (Å²) in [5, 5.41) is 5.88. The van der Waals surface area contributed by atoms with E-state index in [1.807, 2.05) is 31.3 Å². The Balaban J connectivity index is 2.49. The molecule has 1 aromatic carbocycles. The van der Waals surface area contributed by atoms with Gasteiger partial charge in [0.15, 0.2) is 0 Å². The van der Waals surface area contributed by atoms with Crippen LogP contribution in [0.2, 0.25) is 0 Å². The lowest BCUT2D eigenvalue weighted by atomic mass is 10.1. The second-order valence-corrected chi connectivity index (χ2v) is 5.82. The summed E-state index contributed by atoms with van der Waals surface area (Å²) in [5.41, 5.74) is 1.25. The molecule has 1 rings (SSSR count). The van der Waals surface area contributed by atoms with Crippen LogP contribution in [-0.2, 0) is 20.9 Å². The molecular formula is C16H24N2O3. The van der Waals surface area contributed by atoms with Gasteiger partial charge in [0.05, 0.1) is 6.42 Å². The smallest absolute Gasteiger partial charge is 0.306 e. The first kappa shape index (κ1) is 17.2. The van der Waals surface area contributed by atoms with Crippen LogP contribution in [0.25, 0.3) is 0 Å². The van der Waals surface area contributed by atoms with Gasteiger partial charge in [-0.25, -0.2) is 0 Å². The Morgan fingerprint density at radius 3 is 2.43 bits per heavy atom. The summed E-state index contributed by atoms with van der Waals surface area (Å²) in [6, 6.07) is 7.57.